The van der Waals surface area contributed by atoms with E-state index in [-0.39, 0.29) is 24.5 Å². The van der Waals surface area contributed by atoms with Crippen molar-refractivity contribution in [3.05, 3.63) is 46.1 Å². The van der Waals surface area contributed by atoms with Gasteiger partial charge in [0.1, 0.15) is 0 Å². The summed E-state index contributed by atoms with van der Waals surface area (Å²) in [6.45, 7) is 0.114. The zero-order valence-electron chi connectivity index (χ0n) is 10.4. The molecule has 0 spiro atoms. The van der Waals surface area contributed by atoms with Crippen LogP contribution in [0.5, 0.6) is 0 Å². The Bertz CT molecular complexity index is 628. The highest BCUT2D eigenvalue weighted by Crippen LogP contribution is 2.36. The van der Waals surface area contributed by atoms with Crippen LogP contribution in [0.25, 0.3) is 0 Å². The van der Waals surface area contributed by atoms with Gasteiger partial charge in [-0.25, -0.2) is 0 Å². The van der Waals surface area contributed by atoms with Crippen LogP contribution in [-0.2, 0) is 12.6 Å². The number of nitro benzene ring substituents is 1. The van der Waals surface area contributed by atoms with Crippen molar-refractivity contribution < 1.29 is 22.6 Å². The maximum absolute atomic E-state index is 12.9. The van der Waals surface area contributed by atoms with Gasteiger partial charge in [-0.1, -0.05) is 5.16 Å². The number of anilines is 1. The molecule has 0 aliphatic rings. The second-order valence-corrected chi connectivity index (χ2v) is 4.00. The van der Waals surface area contributed by atoms with Crippen molar-refractivity contribution in [2.75, 3.05) is 11.9 Å². The summed E-state index contributed by atoms with van der Waals surface area (Å²) < 4.78 is 43.4. The zero-order valence-corrected chi connectivity index (χ0v) is 10.4. The van der Waals surface area contributed by atoms with Crippen LogP contribution >= 0.6 is 0 Å². The molecule has 1 heterocycles. The van der Waals surface area contributed by atoms with Gasteiger partial charge in [0.15, 0.2) is 6.33 Å². The Morgan fingerprint density at radius 3 is 2.71 bits per heavy atom. The van der Waals surface area contributed by atoms with Crippen LogP contribution in [0.2, 0.25) is 0 Å². The van der Waals surface area contributed by atoms with Gasteiger partial charge in [-0.2, -0.15) is 18.2 Å². The number of nitrogens with zero attached hydrogens (tertiary/aromatic N) is 3. The lowest BCUT2D eigenvalue weighted by molar-refractivity contribution is -0.385. The lowest BCUT2D eigenvalue weighted by Gasteiger charge is -2.13. The van der Waals surface area contributed by atoms with Crippen LogP contribution in [0.3, 0.4) is 0 Å². The van der Waals surface area contributed by atoms with E-state index in [9.17, 15) is 23.3 Å². The molecule has 1 aromatic carbocycles. The van der Waals surface area contributed by atoms with Crippen molar-refractivity contribution in [3.8, 4) is 0 Å². The minimum Gasteiger partial charge on any atom is -0.384 e. The Morgan fingerprint density at radius 1 is 1.38 bits per heavy atom. The molecule has 0 atom stereocenters. The molecule has 0 fully saturated rings. The number of aromatic nitrogens is 2. The SMILES string of the molecule is O=[N+]([O-])c1ccc(NCCc2ncno2)c(C(F)(F)F)c1. The summed E-state index contributed by atoms with van der Waals surface area (Å²) in [5.74, 6) is 0.276. The number of nitrogens with one attached hydrogen (secondary N) is 1. The number of hydrogen-bond acceptors (Lipinski definition) is 6. The maximum atomic E-state index is 12.9. The van der Waals surface area contributed by atoms with E-state index in [1.54, 1.807) is 0 Å². The number of halogens is 3. The third kappa shape index (κ3) is 3.68. The normalized spacial score (nSPS) is 11.4. The lowest BCUT2D eigenvalue weighted by Crippen LogP contribution is -2.13. The summed E-state index contributed by atoms with van der Waals surface area (Å²) >= 11 is 0. The molecule has 112 valence electrons. The Labute approximate surface area is 115 Å². The number of hydrogen-bond donors (Lipinski definition) is 1. The van der Waals surface area contributed by atoms with Crippen LogP contribution in [0.4, 0.5) is 24.5 Å². The molecule has 1 aromatic heterocycles. The fourth-order valence-electron chi connectivity index (χ4n) is 1.64. The smallest absolute Gasteiger partial charge is 0.384 e. The van der Waals surface area contributed by atoms with Crippen LogP contribution < -0.4 is 5.32 Å². The topological polar surface area (TPSA) is 94.1 Å². The highest BCUT2D eigenvalue weighted by molar-refractivity contribution is 5.57. The standard InChI is InChI=1S/C11H9F3N4O3/c12-11(13,14)8-5-7(18(19)20)1-2-9(8)15-4-3-10-16-6-17-21-10/h1-2,5-6,15H,3-4H2. The van der Waals surface area contributed by atoms with E-state index in [2.05, 4.69) is 15.5 Å². The first-order valence-corrected chi connectivity index (χ1v) is 5.73. The summed E-state index contributed by atoms with van der Waals surface area (Å²) in [6, 6.07) is 2.52. The second-order valence-electron chi connectivity index (χ2n) is 4.00. The van der Waals surface area contributed by atoms with Crippen molar-refractivity contribution in [1.82, 2.24) is 10.1 Å². The quantitative estimate of drug-likeness (QED) is 0.674. The van der Waals surface area contributed by atoms with Crippen LogP contribution in [-0.4, -0.2) is 21.6 Å². The predicted octanol–water partition coefficient (Wildman–Crippen LogP) is 2.65. The van der Waals surface area contributed by atoms with Gasteiger partial charge in [-0.3, -0.25) is 10.1 Å². The molecule has 21 heavy (non-hydrogen) atoms. The third-order valence-electron chi connectivity index (χ3n) is 2.58. The average molecular weight is 302 g/mol. The number of alkyl halides is 3. The minimum absolute atomic E-state index is 0.114. The van der Waals surface area contributed by atoms with Gasteiger partial charge in [-0.05, 0) is 6.07 Å². The van der Waals surface area contributed by atoms with Gasteiger partial charge in [0.25, 0.3) is 5.69 Å². The molecule has 2 rings (SSSR count). The first-order valence-electron chi connectivity index (χ1n) is 5.73. The van der Waals surface area contributed by atoms with Gasteiger partial charge < -0.3 is 9.84 Å². The van der Waals surface area contributed by atoms with Crippen LogP contribution in [0.1, 0.15) is 11.5 Å². The summed E-state index contributed by atoms with van der Waals surface area (Å²) in [5.41, 5.74) is -1.96. The fourth-order valence-corrected chi connectivity index (χ4v) is 1.64. The van der Waals surface area contributed by atoms with Crippen molar-refractivity contribution in [3.63, 3.8) is 0 Å². The summed E-state index contributed by atoms with van der Waals surface area (Å²) in [5, 5.41) is 16.5. The first-order chi connectivity index (χ1) is 9.88. The number of rotatable bonds is 5. The van der Waals surface area contributed by atoms with Gasteiger partial charge in [0, 0.05) is 30.8 Å². The van der Waals surface area contributed by atoms with E-state index < -0.39 is 22.4 Å². The maximum Gasteiger partial charge on any atom is 0.418 e. The summed E-state index contributed by atoms with van der Waals surface area (Å²) in [6.07, 6.45) is -3.28. The van der Waals surface area contributed by atoms with Gasteiger partial charge >= 0.3 is 6.18 Å². The molecular weight excluding hydrogens is 293 g/mol. The van der Waals surface area contributed by atoms with Crippen molar-refractivity contribution in [1.29, 1.82) is 0 Å². The van der Waals surface area contributed by atoms with E-state index in [4.69, 9.17) is 4.52 Å². The molecule has 0 radical (unpaired) electrons. The van der Waals surface area contributed by atoms with Gasteiger partial charge in [-0.15, -0.1) is 0 Å². The molecule has 0 aliphatic heterocycles. The Balaban J connectivity index is 2.16. The third-order valence-corrected chi connectivity index (χ3v) is 2.58. The van der Waals surface area contributed by atoms with Crippen LogP contribution in [0.15, 0.2) is 29.0 Å². The molecule has 2 aromatic rings. The largest absolute Gasteiger partial charge is 0.418 e. The molecule has 0 aliphatic carbocycles. The van der Waals surface area contributed by atoms with Crippen molar-refractivity contribution in [2.45, 2.75) is 12.6 Å². The molecule has 0 unspecified atom stereocenters. The fraction of sp³-hybridized carbons (Fsp3) is 0.273. The highest BCUT2D eigenvalue weighted by Gasteiger charge is 2.35. The van der Waals surface area contributed by atoms with Crippen molar-refractivity contribution in [2.24, 2.45) is 0 Å². The average Bonchev–Trinajstić information content (AvgIpc) is 2.90. The molecular formula is C11H9F3N4O3. The number of benzene rings is 1. The Kier molecular flexibility index (Phi) is 4.05. The van der Waals surface area contributed by atoms with E-state index in [1.807, 2.05) is 0 Å². The number of nitro groups is 1. The van der Waals surface area contributed by atoms with E-state index in [1.165, 1.54) is 6.33 Å². The Morgan fingerprint density at radius 2 is 2.14 bits per heavy atom. The first kappa shape index (κ1) is 14.8. The molecule has 1 N–H and O–H groups in total. The van der Waals surface area contributed by atoms with Gasteiger partial charge in [0.05, 0.1) is 10.5 Å². The lowest BCUT2D eigenvalue weighted by atomic mass is 10.1. The molecule has 0 saturated heterocycles. The molecule has 0 amide bonds. The zero-order chi connectivity index (χ0) is 15.5. The number of non-ortho nitro benzene ring substituents is 1. The van der Waals surface area contributed by atoms with E-state index in [0.717, 1.165) is 12.1 Å². The minimum atomic E-state index is -4.70. The Hall–Kier alpha value is -2.65. The van der Waals surface area contributed by atoms with Gasteiger partial charge in [0.2, 0.25) is 5.89 Å². The monoisotopic (exact) mass is 302 g/mol. The van der Waals surface area contributed by atoms with Crippen LogP contribution in [0, 0.1) is 10.1 Å². The highest BCUT2D eigenvalue weighted by atomic mass is 19.4. The van der Waals surface area contributed by atoms with E-state index >= 15 is 0 Å². The summed E-state index contributed by atoms with van der Waals surface area (Å²) in [7, 11) is 0. The second kappa shape index (κ2) is 5.77. The van der Waals surface area contributed by atoms with Crippen molar-refractivity contribution >= 4 is 11.4 Å². The molecule has 10 heteroatoms. The molecule has 0 saturated carbocycles. The summed E-state index contributed by atoms with van der Waals surface area (Å²) in [4.78, 5) is 13.4. The van der Waals surface area contributed by atoms with E-state index in [0.29, 0.717) is 6.07 Å². The molecule has 7 nitrogen and oxygen atoms in total. The molecule has 0 bridgehead atoms. The predicted molar refractivity (Wildman–Crippen MR) is 64.6 cm³/mol.